The fraction of sp³-hybridized carbons (Fsp3) is 0.483. The third kappa shape index (κ3) is 6.10. The number of nitrogens with zero attached hydrogens (tertiary/aromatic N) is 5. The predicted molar refractivity (Wildman–Crippen MR) is 144 cm³/mol. The minimum absolute atomic E-state index is 0.0474. The highest BCUT2D eigenvalue weighted by molar-refractivity contribution is 5.97. The quantitative estimate of drug-likeness (QED) is 0.482. The highest BCUT2D eigenvalue weighted by Crippen LogP contribution is 2.33. The number of amides is 1. The number of aryl methyl sites for hydroxylation is 2. The second kappa shape index (κ2) is 11.9. The highest BCUT2D eigenvalue weighted by atomic mass is 16.5. The Morgan fingerprint density at radius 2 is 1.97 bits per heavy atom. The van der Waals surface area contributed by atoms with E-state index in [-0.39, 0.29) is 5.91 Å². The van der Waals surface area contributed by atoms with Gasteiger partial charge in [-0.05, 0) is 56.5 Å². The van der Waals surface area contributed by atoms with Crippen LogP contribution in [0.5, 0.6) is 17.2 Å². The molecule has 1 unspecified atom stereocenters. The second-order valence-corrected chi connectivity index (χ2v) is 10.4. The molecule has 0 radical (unpaired) electrons. The van der Waals surface area contributed by atoms with E-state index in [1.165, 1.54) is 0 Å². The molecule has 0 spiro atoms. The lowest BCUT2D eigenvalue weighted by Crippen LogP contribution is -2.43. The standard InChI is InChI=1S/C29H37N5O4/c1-21-10-11-25-27(15-21)37-14-6-13-34-19-24(30-31-34)20-38-28-23(8-4-9-26(28)36-3)18-32(2)16-22-7-5-12-33(17-22)29(25)35/h4,8-11,15,19,22H,5-7,12-14,16-18,20H2,1-3H3. The van der Waals surface area contributed by atoms with E-state index < -0.39 is 0 Å². The summed E-state index contributed by atoms with van der Waals surface area (Å²) in [5.74, 6) is 2.52. The van der Waals surface area contributed by atoms with Crippen LogP contribution in [0.2, 0.25) is 0 Å². The zero-order chi connectivity index (χ0) is 26.5. The van der Waals surface area contributed by atoms with Gasteiger partial charge < -0.3 is 24.0 Å². The predicted octanol–water partition coefficient (Wildman–Crippen LogP) is 3.94. The van der Waals surface area contributed by atoms with Crippen LogP contribution in [-0.2, 0) is 19.7 Å². The zero-order valence-corrected chi connectivity index (χ0v) is 22.6. The summed E-state index contributed by atoms with van der Waals surface area (Å²) in [5.41, 5.74) is 3.51. The molecule has 1 saturated heterocycles. The van der Waals surface area contributed by atoms with E-state index in [0.717, 1.165) is 61.5 Å². The maximum atomic E-state index is 13.6. The Labute approximate surface area is 224 Å². The van der Waals surface area contributed by atoms with E-state index in [4.69, 9.17) is 14.2 Å². The van der Waals surface area contributed by atoms with Gasteiger partial charge in [-0.1, -0.05) is 23.4 Å². The van der Waals surface area contributed by atoms with Crippen LogP contribution >= 0.6 is 0 Å². The van der Waals surface area contributed by atoms with E-state index in [0.29, 0.717) is 49.3 Å². The van der Waals surface area contributed by atoms with Crippen LogP contribution in [0.15, 0.2) is 42.6 Å². The Morgan fingerprint density at radius 3 is 2.84 bits per heavy atom. The SMILES string of the molecule is COc1cccc2c1OCc1cn(nn1)CCCOc1cc(C)ccc1C(=O)N1CCCC(CN(C)C2)C1. The number of carbonyl (C=O) groups excluding carboxylic acids is 1. The molecule has 0 aliphatic carbocycles. The lowest BCUT2D eigenvalue weighted by molar-refractivity contribution is 0.0641. The van der Waals surface area contributed by atoms with Gasteiger partial charge in [-0.25, -0.2) is 0 Å². The van der Waals surface area contributed by atoms with E-state index in [1.54, 1.807) is 11.8 Å². The minimum atomic E-state index is 0.0474. The molecule has 202 valence electrons. The number of benzene rings is 2. The maximum absolute atomic E-state index is 13.6. The molecule has 5 rings (SSSR count). The van der Waals surface area contributed by atoms with E-state index in [9.17, 15) is 4.79 Å². The van der Waals surface area contributed by atoms with Crippen LogP contribution in [0.25, 0.3) is 0 Å². The highest BCUT2D eigenvalue weighted by Gasteiger charge is 2.27. The molecule has 0 saturated carbocycles. The van der Waals surface area contributed by atoms with Crippen LogP contribution in [-0.4, -0.2) is 71.1 Å². The number of hydrogen-bond acceptors (Lipinski definition) is 7. The largest absolute Gasteiger partial charge is 0.493 e. The number of carbonyl (C=O) groups is 1. The molecule has 2 aliphatic heterocycles. The van der Waals surface area contributed by atoms with Crippen LogP contribution in [0.3, 0.4) is 0 Å². The summed E-state index contributed by atoms with van der Waals surface area (Å²) >= 11 is 0. The number of ether oxygens (including phenoxy) is 3. The second-order valence-electron chi connectivity index (χ2n) is 10.4. The van der Waals surface area contributed by atoms with Gasteiger partial charge in [-0.15, -0.1) is 5.10 Å². The summed E-state index contributed by atoms with van der Waals surface area (Å²) in [6.07, 6.45) is 4.73. The first-order valence-corrected chi connectivity index (χ1v) is 13.4. The molecule has 1 aromatic heterocycles. The third-order valence-corrected chi connectivity index (χ3v) is 7.20. The number of aromatic nitrogens is 3. The Kier molecular flexibility index (Phi) is 8.12. The van der Waals surface area contributed by atoms with Gasteiger partial charge in [-0.3, -0.25) is 9.48 Å². The van der Waals surface area contributed by atoms with Crippen molar-refractivity contribution >= 4 is 5.91 Å². The minimum Gasteiger partial charge on any atom is -0.493 e. The molecule has 4 bridgehead atoms. The summed E-state index contributed by atoms with van der Waals surface area (Å²) in [7, 11) is 3.78. The number of rotatable bonds is 1. The molecule has 38 heavy (non-hydrogen) atoms. The summed E-state index contributed by atoms with van der Waals surface area (Å²) in [4.78, 5) is 17.9. The Bertz CT molecular complexity index is 1260. The van der Waals surface area contributed by atoms with Gasteiger partial charge in [-0.2, -0.15) is 0 Å². The van der Waals surface area contributed by atoms with Gasteiger partial charge in [0.25, 0.3) is 5.91 Å². The maximum Gasteiger partial charge on any atom is 0.257 e. The first-order valence-electron chi connectivity index (χ1n) is 13.4. The topological polar surface area (TPSA) is 81.9 Å². The number of piperidine rings is 1. The monoisotopic (exact) mass is 519 g/mol. The summed E-state index contributed by atoms with van der Waals surface area (Å²) < 4.78 is 19.8. The molecule has 1 amide bonds. The Morgan fingerprint density at radius 1 is 1.08 bits per heavy atom. The van der Waals surface area contributed by atoms with Gasteiger partial charge in [0.1, 0.15) is 18.1 Å². The van der Waals surface area contributed by atoms with Gasteiger partial charge in [0.15, 0.2) is 11.5 Å². The van der Waals surface area contributed by atoms with Crippen molar-refractivity contribution in [2.45, 2.75) is 45.9 Å². The van der Waals surface area contributed by atoms with Crippen LogP contribution in [0.1, 0.15) is 46.4 Å². The van der Waals surface area contributed by atoms with Gasteiger partial charge in [0.05, 0.1) is 25.5 Å². The van der Waals surface area contributed by atoms with Crippen LogP contribution in [0, 0.1) is 12.8 Å². The first kappa shape index (κ1) is 26.0. The van der Waals surface area contributed by atoms with Crippen molar-refractivity contribution in [1.29, 1.82) is 0 Å². The Balaban J connectivity index is 1.42. The van der Waals surface area contributed by atoms with Crippen molar-refractivity contribution in [2.24, 2.45) is 5.92 Å². The zero-order valence-electron chi connectivity index (χ0n) is 22.6. The molecule has 1 atom stereocenters. The number of para-hydroxylation sites is 1. The van der Waals surface area contributed by atoms with Crippen molar-refractivity contribution in [2.75, 3.05) is 40.4 Å². The lowest BCUT2D eigenvalue weighted by atomic mass is 9.96. The van der Waals surface area contributed by atoms with Gasteiger partial charge in [0, 0.05) is 44.7 Å². The van der Waals surface area contributed by atoms with E-state index in [2.05, 4.69) is 28.3 Å². The van der Waals surface area contributed by atoms with Gasteiger partial charge >= 0.3 is 0 Å². The van der Waals surface area contributed by atoms with Gasteiger partial charge in [0.2, 0.25) is 0 Å². The third-order valence-electron chi connectivity index (χ3n) is 7.20. The van der Waals surface area contributed by atoms with Crippen LogP contribution in [0.4, 0.5) is 0 Å². The smallest absolute Gasteiger partial charge is 0.257 e. The molecule has 2 aliphatic rings. The molecular formula is C29H37N5O4. The van der Waals surface area contributed by atoms with Crippen molar-refractivity contribution in [1.82, 2.24) is 24.8 Å². The average Bonchev–Trinajstić information content (AvgIpc) is 3.37. The fourth-order valence-corrected chi connectivity index (χ4v) is 5.37. The van der Waals surface area contributed by atoms with Crippen molar-refractivity contribution in [3.8, 4) is 17.2 Å². The molecule has 9 heteroatoms. The van der Waals surface area contributed by atoms with Crippen molar-refractivity contribution < 1.29 is 19.0 Å². The number of fused-ring (bicyclic) bond motifs is 6. The van der Waals surface area contributed by atoms with Crippen molar-refractivity contribution in [3.63, 3.8) is 0 Å². The summed E-state index contributed by atoms with van der Waals surface area (Å²) in [5, 5.41) is 8.53. The first-order chi connectivity index (χ1) is 18.5. The number of hydrogen-bond donors (Lipinski definition) is 0. The molecule has 3 heterocycles. The summed E-state index contributed by atoms with van der Waals surface area (Å²) in [6.45, 7) is 6.56. The number of methoxy groups -OCH3 is 1. The molecule has 1 fully saturated rings. The average molecular weight is 520 g/mol. The molecule has 9 nitrogen and oxygen atoms in total. The van der Waals surface area contributed by atoms with Crippen LogP contribution < -0.4 is 14.2 Å². The van der Waals surface area contributed by atoms with E-state index in [1.807, 2.05) is 48.4 Å². The van der Waals surface area contributed by atoms with E-state index >= 15 is 0 Å². The molecule has 2 aromatic carbocycles. The normalized spacial score (nSPS) is 19.5. The summed E-state index contributed by atoms with van der Waals surface area (Å²) in [6, 6.07) is 11.8. The Hall–Kier alpha value is -3.59. The van der Waals surface area contributed by atoms with Crippen molar-refractivity contribution in [3.05, 3.63) is 65.0 Å². The molecule has 0 N–H and O–H groups in total. The fourth-order valence-electron chi connectivity index (χ4n) is 5.37. The molecule has 3 aromatic rings. The lowest BCUT2D eigenvalue weighted by Gasteiger charge is -2.35. The molecular weight excluding hydrogens is 482 g/mol.